The summed E-state index contributed by atoms with van der Waals surface area (Å²) in [5.74, 6) is 1.95. The van der Waals surface area contributed by atoms with Crippen LogP contribution in [0.5, 0.6) is 17.2 Å². The van der Waals surface area contributed by atoms with Crippen LogP contribution in [0.3, 0.4) is 0 Å². The van der Waals surface area contributed by atoms with Crippen molar-refractivity contribution >= 4 is 5.91 Å². The van der Waals surface area contributed by atoms with Crippen molar-refractivity contribution in [1.29, 1.82) is 0 Å². The van der Waals surface area contributed by atoms with Gasteiger partial charge in [0, 0.05) is 12.1 Å². The number of hydrogen-bond donors (Lipinski definition) is 1. The van der Waals surface area contributed by atoms with E-state index in [0.29, 0.717) is 36.8 Å². The zero-order chi connectivity index (χ0) is 21.2. The molecule has 3 rings (SSSR count). The first-order valence-corrected chi connectivity index (χ1v) is 10.0. The highest BCUT2D eigenvalue weighted by Gasteiger charge is 2.09. The number of carbonyl (C=O) groups excluding carboxylic acids is 1. The molecule has 0 atom stereocenters. The van der Waals surface area contributed by atoms with E-state index in [4.69, 9.17) is 14.2 Å². The molecule has 0 aliphatic rings. The Morgan fingerprint density at radius 3 is 2.33 bits per heavy atom. The van der Waals surface area contributed by atoms with Crippen LogP contribution in [0.25, 0.3) is 0 Å². The van der Waals surface area contributed by atoms with E-state index >= 15 is 0 Å². The van der Waals surface area contributed by atoms with E-state index in [2.05, 4.69) is 12.2 Å². The number of hydrogen-bond acceptors (Lipinski definition) is 4. The Bertz CT molecular complexity index is 939. The summed E-state index contributed by atoms with van der Waals surface area (Å²) >= 11 is 0. The fourth-order valence-corrected chi connectivity index (χ4v) is 2.88. The van der Waals surface area contributed by atoms with Crippen LogP contribution in [0.2, 0.25) is 0 Å². The van der Waals surface area contributed by atoms with Crippen LogP contribution >= 0.6 is 0 Å². The number of benzene rings is 3. The van der Waals surface area contributed by atoms with Gasteiger partial charge in [-0.3, -0.25) is 4.79 Å². The molecule has 1 amide bonds. The fraction of sp³-hybridized carbons (Fsp3) is 0.240. The molecule has 5 heteroatoms. The van der Waals surface area contributed by atoms with Crippen molar-refractivity contribution < 1.29 is 19.0 Å². The molecule has 0 aromatic heterocycles. The largest absolute Gasteiger partial charge is 0.493 e. The van der Waals surface area contributed by atoms with E-state index in [-0.39, 0.29) is 5.91 Å². The van der Waals surface area contributed by atoms with Gasteiger partial charge in [-0.1, -0.05) is 43.3 Å². The van der Waals surface area contributed by atoms with Gasteiger partial charge in [0.25, 0.3) is 5.91 Å². The fourth-order valence-electron chi connectivity index (χ4n) is 2.88. The van der Waals surface area contributed by atoms with E-state index in [1.807, 2.05) is 48.5 Å². The van der Waals surface area contributed by atoms with Crippen LogP contribution < -0.4 is 19.5 Å². The molecule has 0 unspecified atom stereocenters. The molecule has 0 bridgehead atoms. The van der Waals surface area contributed by atoms with E-state index in [1.165, 1.54) is 0 Å². The van der Waals surface area contributed by atoms with Crippen LogP contribution in [-0.4, -0.2) is 19.6 Å². The van der Waals surface area contributed by atoms with Crippen molar-refractivity contribution in [3.8, 4) is 17.2 Å². The van der Waals surface area contributed by atoms with E-state index in [9.17, 15) is 4.79 Å². The Labute approximate surface area is 177 Å². The lowest BCUT2D eigenvalue weighted by atomic mass is 10.1. The normalized spacial score (nSPS) is 10.3. The van der Waals surface area contributed by atoms with Crippen LogP contribution in [0.4, 0.5) is 0 Å². The molecule has 3 aromatic carbocycles. The summed E-state index contributed by atoms with van der Waals surface area (Å²) in [6.07, 6.45) is 0.928. The lowest BCUT2D eigenvalue weighted by molar-refractivity contribution is 0.0951. The molecule has 0 aliphatic carbocycles. The monoisotopic (exact) mass is 405 g/mol. The molecule has 0 fully saturated rings. The first-order valence-electron chi connectivity index (χ1n) is 10.0. The number of nitrogens with one attached hydrogen (secondary N) is 1. The Hall–Kier alpha value is -3.47. The maximum absolute atomic E-state index is 12.5. The van der Waals surface area contributed by atoms with Gasteiger partial charge in [0.15, 0.2) is 11.5 Å². The molecule has 3 aromatic rings. The van der Waals surface area contributed by atoms with Crippen LogP contribution in [0.15, 0.2) is 72.8 Å². The number of carbonyl (C=O) groups is 1. The molecule has 1 N–H and O–H groups in total. The summed E-state index contributed by atoms with van der Waals surface area (Å²) in [5.41, 5.74) is 2.62. The van der Waals surface area contributed by atoms with Crippen LogP contribution in [0, 0.1) is 0 Å². The Morgan fingerprint density at radius 2 is 1.63 bits per heavy atom. The van der Waals surface area contributed by atoms with Crippen molar-refractivity contribution in [3.05, 3.63) is 89.5 Å². The molecule has 0 aliphatic heterocycles. The van der Waals surface area contributed by atoms with Crippen molar-refractivity contribution in [3.63, 3.8) is 0 Å². The molecule has 30 heavy (non-hydrogen) atoms. The van der Waals surface area contributed by atoms with E-state index in [0.717, 1.165) is 23.3 Å². The average molecular weight is 405 g/mol. The summed E-state index contributed by atoms with van der Waals surface area (Å²) in [5, 5.41) is 2.93. The van der Waals surface area contributed by atoms with Crippen molar-refractivity contribution in [2.45, 2.75) is 26.5 Å². The minimum Gasteiger partial charge on any atom is -0.493 e. The highest BCUT2D eigenvalue weighted by Crippen LogP contribution is 2.28. The molecule has 156 valence electrons. The summed E-state index contributed by atoms with van der Waals surface area (Å²) < 4.78 is 16.8. The van der Waals surface area contributed by atoms with Crippen LogP contribution in [-0.2, 0) is 13.2 Å². The minimum absolute atomic E-state index is 0.144. The summed E-state index contributed by atoms with van der Waals surface area (Å²) in [4.78, 5) is 12.5. The third-order valence-corrected chi connectivity index (χ3v) is 4.51. The molecule has 0 saturated heterocycles. The predicted molar refractivity (Wildman–Crippen MR) is 117 cm³/mol. The first-order chi connectivity index (χ1) is 14.7. The smallest absolute Gasteiger partial charge is 0.251 e. The molecule has 0 spiro atoms. The van der Waals surface area contributed by atoms with Gasteiger partial charge >= 0.3 is 0 Å². The van der Waals surface area contributed by atoms with Gasteiger partial charge in [-0.25, -0.2) is 0 Å². The van der Waals surface area contributed by atoms with Crippen LogP contribution in [0.1, 0.15) is 34.8 Å². The van der Waals surface area contributed by atoms with E-state index in [1.54, 1.807) is 31.4 Å². The molecule has 0 heterocycles. The lowest BCUT2D eigenvalue weighted by Crippen LogP contribution is -2.22. The number of methoxy groups -OCH3 is 1. The Balaban J connectivity index is 1.53. The Kier molecular flexibility index (Phi) is 7.72. The maximum atomic E-state index is 12.5. The second kappa shape index (κ2) is 10.9. The summed E-state index contributed by atoms with van der Waals surface area (Å²) in [6.45, 7) is 3.58. The molecular formula is C25H27NO4. The maximum Gasteiger partial charge on any atom is 0.251 e. The highest BCUT2D eigenvalue weighted by molar-refractivity contribution is 5.94. The third kappa shape index (κ3) is 6.01. The minimum atomic E-state index is -0.144. The molecule has 5 nitrogen and oxygen atoms in total. The quantitative estimate of drug-likeness (QED) is 0.516. The highest BCUT2D eigenvalue weighted by atomic mass is 16.5. The molecular weight excluding hydrogens is 378 g/mol. The van der Waals surface area contributed by atoms with Gasteiger partial charge in [0.2, 0.25) is 0 Å². The van der Waals surface area contributed by atoms with Crippen molar-refractivity contribution in [1.82, 2.24) is 5.32 Å². The average Bonchev–Trinajstić information content (AvgIpc) is 2.81. The summed E-state index contributed by atoms with van der Waals surface area (Å²) in [6, 6.07) is 22.8. The predicted octanol–water partition coefficient (Wildman–Crippen LogP) is 4.99. The van der Waals surface area contributed by atoms with Gasteiger partial charge in [-0.2, -0.15) is 0 Å². The molecule has 0 radical (unpaired) electrons. The summed E-state index contributed by atoms with van der Waals surface area (Å²) in [7, 11) is 1.61. The Morgan fingerprint density at radius 1 is 0.867 bits per heavy atom. The first kappa shape index (κ1) is 21.2. The third-order valence-electron chi connectivity index (χ3n) is 4.51. The zero-order valence-electron chi connectivity index (χ0n) is 17.4. The van der Waals surface area contributed by atoms with Gasteiger partial charge in [-0.15, -0.1) is 0 Å². The van der Waals surface area contributed by atoms with Gasteiger partial charge in [-0.05, 0) is 53.9 Å². The van der Waals surface area contributed by atoms with Crippen molar-refractivity contribution in [2.24, 2.45) is 0 Å². The van der Waals surface area contributed by atoms with Gasteiger partial charge in [0.05, 0.1) is 13.7 Å². The van der Waals surface area contributed by atoms with E-state index < -0.39 is 0 Å². The van der Waals surface area contributed by atoms with Gasteiger partial charge in [0.1, 0.15) is 12.4 Å². The topological polar surface area (TPSA) is 56.8 Å². The second-order valence-electron chi connectivity index (χ2n) is 6.82. The number of amides is 1. The lowest BCUT2D eigenvalue weighted by Gasteiger charge is -2.12. The molecule has 0 saturated carbocycles. The number of ether oxygens (including phenoxy) is 3. The standard InChI is InChI=1S/C25H27NO4/c1-3-15-29-23-14-9-20(16-24(23)28-2)17-26-25(27)21-10-12-22(13-11-21)30-18-19-7-5-4-6-8-19/h4-14,16H,3,15,17-18H2,1-2H3,(H,26,27). The van der Waals surface area contributed by atoms with Gasteiger partial charge < -0.3 is 19.5 Å². The second-order valence-corrected chi connectivity index (χ2v) is 6.82. The number of rotatable bonds is 10. The SMILES string of the molecule is CCCOc1ccc(CNC(=O)c2ccc(OCc3ccccc3)cc2)cc1OC. The zero-order valence-corrected chi connectivity index (χ0v) is 17.4. The van der Waals surface area contributed by atoms with Crippen molar-refractivity contribution in [2.75, 3.05) is 13.7 Å².